The maximum atomic E-state index is 11.9. The zero-order chi connectivity index (χ0) is 13.7. The lowest BCUT2D eigenvalue weighted by Gasteiger charge is -2.38. The first kappa shape index (κ1) is 14.6. The number of nitrogens with one attached hydrogen (secondary N) is 1. The summed E-state index contributed by atoms with van der Waals surface area (Å²) in [6, 6.07) is 1.10. The molecular formula is C15H28N2O2. The number of likely N-dealkylation sites (tertiary alicyclic amines) is 1. The molecule has 0 aromatic carbocycles. The Kier molecular flexibility index (Phi) is 5.49. The van der Waals surface area contributed by atoms with Gasteiger partial charge in [-0.15, -0.1) is 0 Å². The number of carbonyl (C=O) groups is 1. The highest BCUT2D eigenvalue weighted by molar-refractivity contribution is 5.67. The first-order valence-electron chi connectivity index (χ1n) is 7.86. The normalized spacial score (nSPS) is 29.3. The fourth-order valence-electron chi connectivity index (χ4n) is 3.44. The number of amides is 1. The SMILES string of the molecule is CCOC(=O)N1CC(C)CC(NC2CCCCC2)C1. The van der Waals surface area contributed by atoms with Crippen LogP contribution in [0.1, 0.15) is 52.4 Å². The number of carbonyl (C=O) groups excluding carboxylic acids is 1. The van der Waals surface area contributed by atoms with E-state index in [1.807, 2.05) is 11.8 Å². The number of nitrogens with zero attached hydrogens (tertiary/aromatic N) is 1. The summed E-state index contributed by atoms with van der Waals surface area (Å²) in [5.74, 6) is 0.555. The molecule has 1 saturated carbocycles. The van der Waals surface area contributed by atoms with E-state index >= 15 is 0 Å². The molecule has 2 rings (SSSR count). The molecule has 4 heteroatoms. The molecule has 1 heterocycles. The summed E-state index contributed by atoms with van der Waals surface area (Å²) < 4.78 is 5.13. The fraction of sp³-hybridized carbons (Fsp3) is 0.933. The van der Waals surface area contributed by atoms with Gasteiger partial charge in [-0.2, -0.15) is 0 Å². The summed E-state index contributed by atoms with van der Waals surface area (Å²) in [6.07, 6.45) is 7.70. The van der Waals surface area contributed by atoms with Crippen molar-refractivity contribution in [1.29, 1.82) is 0 Å². The molecule has 0 bridgehead atoms. The van der Waals surface area contributed by atoms with Crippen LogP contribution in [-0.4, -0.2) is 42.8 Å². The van der Waals surface area contributed by atoms with Gasteiger partial charge >= 0.3 is 6.09 Å². The lowest BCUT2D eigenvalue weighted by molar-refractivity contribution is 0.0787. The third kappa shape index (κ3) is 4.37. The fourth-order valence-corrected chi connectivity index (χ4v) is 3.44. The molecule has 2 aliphatic rings. The van der Waals surface area contributed by atoms with Crippen molar-refractivity contribution in [2.45, 2.75) is 64.5 Å². The van der Waals surface area contributed by atoms with Crippen LogP contribution >= 0.6 is 0 Å². The van der Waals surface area contributed by atoms with Gasteiger partial charge < -0.3 is 15.0 Å². The van der Waals surface area contributed by atoms with E-state index in [1.165, 1.54) is 38.5 Å². The Labute approximate surface area is 116 Å². The Morgan fingerprint density at radius 3 is 2.63 bits per heavy atom. The summed E-state index contributed by atoms with van der Waals surface area (Å²) >= 11 is 0. The smallest absolute Gasteiger partial charge is 0.409 e. The molecule has 1 saturated heterocycles. The quantitative estimate of drug-likeness (QED) is 0.855. The molecule has 0 spiro atoms. The van der Waals surface area contributed by atoms with E-state index in [2.05, 4.69) is 12.2 Å². The van der Waals surface area contributed by atoms with Crippen LogP contribution in [0.2, 0.25) is 0 Å². The zero-order valence-corrected chi connectivity index (χ0v) is 12.4. The second-order valence-electron chi connectivity index (χ2n) is 6.14. The van der Waals surface area contributed by atoms with Crippen molar-refractivity contribution in [3.8, 4) is 0 Å². The van der Waals surface area contributed by atoms with E-state index < -0.39 is 0 Å². The highest BCUT2D eigenvalue weighted by Crippen LogP contribution is 2.22. The Bertz CT molecular complexity index is 290. The Morgan fingerprint density at radius 1 is 1.21 bits per heavy atom. The van der Waals surface area contributed by atoms with Crippen molar-refractivity contribution in [1.82, 2.24) is 10.2 Å². The van der Waals surface area contributed by atoms with Gasteiger partial charge in [0.25, 0.3) is 0 Å². The maximum absolute atomic E-state index is 11.9. The van der Waals surface area contributed by atoms with Gasteiger partial charge in [0.15, 0.2) is 0 Å². The monoisotopic (exact) mass is 268 g/mol. The number of rotatable bonds is 3. The molecule has 19 heavy (non-hydrogen) atoms. The van der Waals surface area contributed by atoms with Crippen LogP contribution in [0, 0.1) is 5.92 Å². The molecular weight excluding hydrogens is 240 g/mol. The van der Waals surface area contributed by atoms with Crippen molar-refractivity contribution in [3.63, 3.8) is 0 Å². The standard InChI is InChI=1S/C15H28N2O2/c1-3-19-15(18)17-10-12(2)9-14(11-17)16-13-7-5-4-6-8-13/h12-14,16H,3-11H2,1-2H3. The van der Waals surface area contributed by atoms with Crippen LogP contribution < -0.4 is 5.32 Å². The first-order valence-corrected chi connectivity index (χ1v) is 7.86. The predicted octanol–water partition coefficient (Wildman–Crippen LogP) is 2.78. The molecule has 110 valence electrons. The average Bonchev–Trinajstić information content (AvgIpc) is 2.39. The van der Waals surface area contributed by atoms with Gasteiger partial charge in [-0.05, 0) is 32.1 Å². The molecule has 0 radical (unpaired) electrons. The number of hydrogen-bond donors (Lipinski definition) is 1. The van der Waals surface area contributed by atoms with Crippen LogP contribution in [0.15, 0.2) is 0 Å². The first-order chi connectivity index (χ1) is 9.19. The summed E-state index contributed by atoms with van der Waals surface area (Å²) in [5.41, 5.74) is 0. The second kappa shape index (κ2) is 7.13. The third-order valence-corrected chi connectivity index (χ3v) is 4.26. The van der Waals surface area contributed by atoms with Crippen LogP contribution in [0.3, 0.4) is 0 Å². The highest BCUT2D eigenvalue weighted by Gasteiger charge is 2.30. The molecule has 2 unspecified atom stereocenters. The van der Waals surface area contributed by atoms with Crippen molar-refractivity contribution >= 4 is 6.09 Å². The summed E-state index contributed by atoms with van der Waals surface area (Å²) in [6.45, 7) is 6.19. The van der Waals surface area contributed by atoms with E-state index in [4.69, 9.17) is 4.74 Å². The minimum Gasteiger partial charge on any atom is -0.450 e. The highest BCUT2D eigenvalue weighted by atomic mass is 16.6. The van der Waals surface area contributed by atoms with E-state index in [9.17, 15) is 4.79 Å². The molecule has 1 aliphatic heterocycles. The lowest BCUT2D eigenvalue weighted by Crippen LogP contribution is -2.53. The predicted molar refractivity (Wildman–Crippen MR) is 76.2 cm³/mol. The topological polar surface area (TPSA) is 41.6 Å². The molecule has 1 aliphatic carbocycles. The lowest BCUT2D eigenvalue weighted by atomic mass is 9.91. The van der Waals surface area contributed by atoms with Gasteiger partial charge in [0.2, 0.25) is 0 Å². The van der Waals surface area contributed by atoms with Gasteiger partial charge in [-0.1, -0.05) is 26.2 Å². The molecule has 2 fully saturated rings. The van der Waals surface area contributed by atoms with Gasteiger partial charge in [0, 0.05) is 25.2 Å². The average molecular weight is 268 g/mol. The van der Waals surface area contributed by atoms with Crippen molar-refractivity contribution in [2.24, 2.45) is 5.92 Å². The van der Waals surface area contributed by atoms with Crippen LogP contribution in [0.5, 0.6) is 0 Å². The van der Waals surface area contributed by atoms with Gasteiger partial charge in [0.05, 0.1) is 6.61 Å². The number of ether oxygens (including phenoxy) is 1. The molecule has 0 aromatic rings. The minimum absolute atomic E-state index is 0.149. The van der Waals surface area contributed by atoms with Gasteiger partial charge in [-0.25, -0.2) is 4.79 Å². The van der Waals surface area contributed by atoms with Gasteiger partial charge in [-0.3, -0.25) is 0 Å². The van der Waals surface area contributed by atoms with Crippen molar-refractivity contribution in [3.05, 3.63) is 0 Å². The third-order valence-electron chi connectivity index (χ3n) is 4.26. The molecule has 4 nitrogen and oxygen atoms in total. The van der Waals surface area contributed by atoms with E-state index in [0.29, 0.717) is 24.6 Å². The van der Waals surface area contributed by atoms with E-state index in [-0.39, 0.29) is 6.09 Å². The van der Waals surface area contributed by atoms with E-state index in [0.717, 1.165) is 13.1 Å². The minimum atomic E-state index is -0.149. The maximum Gasteiger partial charge on any atom is 0.409 e. The van der Waals surface area contributed by atoms with E-state index in [1.54, 1.807) is 0 Å². The Morgan fingerprint density at radius 2 is 1.95 bits per heavy atom. The van der Waals surface area contributed by atoms with Crippen LogP contribution in [0.25, 0.3) is 0 Å². The Balaban J connectivity index is 1.84. The van der Waals surface area contributed by atoms with Gasteiger partial charge in [0.1, 0.15) is 0 Å². The van der Waals surface area contributed by atoms with Crippen LogP contribution in [0.4, 0.5) is 4.79 Å². The molecule has 0 aromatic heterocycles. The van der Waals surface area contributed by atoms with Crippen molar-refractivity contribution in [2.75, 3.05) is 19.7 Å². The largest absolute Gasteiger partial charge is 0.450 e. The summed E-state index contributed by atoms with van der Waals surface area (Å²) in [4.78, 5) is 13.7. The summed E-state index contributed by atoms with van der Waals surface area (Å²) in [7, 11) is 0. The molecule has 1 N–H and O–H groups in total. The Hall–Kier alpha value is -0.770. The van der Waals surface area contributed by atoms with Crippen molar-refractivity contribution < 1.29 is 9.53 Å². The number of hydrogen-bond acceptors (Lipinski definition) is 3. The van der Waals surface area contributed by atoms with Crippen LogP contribution in [-0.2, 0) is 4.74 Å². The second-order valence-corrected chi connectivity index (χ2v) is 6.14. The summed E-state index contributed by atoms with van der Waals surface area (Å²) in [5, 5.41) is 3.77. The zero-order valence-electron chi connectivity index (χ0n) is 12.4. The molecule has 2 atom stereocenters. The number of piperidine rings is 1. The molecule has 1 amide bonds.